The topological polar surface area (TPSA) is 33.2 Å². The summed E-state index contributed by atoms with van der Waals surface area (Å²) in [6.07, 6.45) is 3.73. The standard InChI is InChI=1S/C16H15BrCl2N2O/c1-21(15(10-17)12-4-6-20-7-5-12)16(22)9-11-2-3-13(18)14(19)8-11/h2-8,15H,9-10H2,1H3. The molecule has 1 unspecified atom stereocenters. The SMILES string of the molecule is CN(C(=O)Cc1ccc(Cl)c(Cl)c1)C(CBr)c1ccncc1. The predicted octanol–water partition coefficient (Wildman–Crippen LogP) is 4.53. The molecule has 1 amide bonds. The van der Waals surface area contributed by atoms with Crippen LogP contribution in [0, 0.1) is 0 Å². The highest BCUT2D eigenvalue weighted by Crippen LogP contribution is 2.25. The maximum atomic E-state index is 12.5. The average Bonchev–Trinajstić information content (AvgIpc) is 2.52. The van der Waals surface area contributed by atoms with Crippen molar-refractivity contribution in [1.82, 2.24) is 9.88 Å². The molecule has 1 heterocycles. The van der Waals surface area contributed by atoms with Crippen LogP contribution in [0.1, 0.15) is 17.2 Å². The molecule has 0 aliphatic heterocycles. The first-order valence-electron chi connectivity index (χ1n) is 6.68. The largest absolute Gasteiger partial charge is 0.338 e. The van der Waals surface area contributed by atoms with Gasteiger partial charge in [-0.3, -0.25) is 9.78 Å². The first kappa shape index (κ1) is 17.3. The Bertz CT molecular complexity index is 652. The van der Waals surface area contributed by atoms with Crippen LogP contribution in [0.25, 0.3) is 0 Å². The zero-order chi connectivity index (χ0) is 16.1. The number of halogens is 3. The first-order chi connectivity index (χ1) is 10.5. The second-order valence-corrected chi connectivity index (χ2v) is 6.34. The summed E-state index contributed by atoms with van der Waals surface area (Å²) < 4.78 is 0. The Kier molecular flexibility index (Phi) is 6.24. The number of carbonyl (C=O) groups excluding carboxylic acids is 1. The minimum atomic E-state index is -0.0433. The van der Waals surface area contributed by atoms with E-state index in [1.807, 2.05) is 18.2 Å². The summed E-state index contributed by atoms with van der Waals surface area (Å²) >= 11 is 15.4. The van der Waals surface area contributed by atoms with E-state index in [4.69, 9.17) is 23.2 Å². The van der Waals surface area contributed by atoms with Gasteiger partial charge in [0.25, 0.3) is 0 Å². The molecule has 3 nitrogen and oxygen atoms in total. The molecule has 0 radical (unpaired) electrons. The Morgan fingerprint density at radius 1 is 1.23 bits per heavy atom. The lowest BCUT2D eigenvalue weighted by molar-refractivity contribution is -0.130. The van der Waals surface area contributed by atoms with Crippen LogP contribution in [-0.4, -0.2) is 28.2 Å². The highest BCUT2D eigenvalue weighted by Gasteiger charge is 2.21. The van der Waals surface area contributed by atoms with E-state index in [1.165, 1.54) is 0 Å². The molecule has 1 atom stereocenters. The second kappa shape index (κ2) is 7.95. The molecule has 0 spiro atoms. The third-order valence-corrected chi connectivity index (χ3v) is 4.79. The molecule has 1 aromatic carbocycles. The predicted molar refractivity (Wildman–Crippen MR) is 93.7 cm³/mol. The van der Waals surface area contributed by atoms with Gasteiger partial charge in [-0.25, -0.2) is 0 Å². The minimum absolute atomic E-state index is 0.0136. The first-order valence-corrected chi connectivity index (χ1v) is 8.56. The van der Waals surface area contributed by atoms with Crippen molar-refractivity contribution in [2.75, 3.05) is 12.4 Å². The van der Waals surface area contributed by atoms with E-state index in [1.54, 1.807) is 36.5 Å². The summed E-state index contributed by atoms with van der Waals surface area (Å²) in [5.74, 6) is 0.0136. The fourth-order valence-electron chi connectivity index (χ4n) is 2.12. The highest BCUT2D eigenvalue weighted by atomic mass is 79.9. The number of amides is 1. The van der Waals surface area contributed by atoms with E-state index < -0.39 is 0 Å². The molecule has 0 bridgehead atoms. The van der Waals surface area contributed by atoms with Gasteiger partial charge < -0.3 is 4.90 Å². The number of hydrogen-bond donors (Lipinski definition) is 0. The Hall–Kier alpha value is -1.10. The normalized spacial score (nSPS) is 12.0. The number of likely N-dealkylation sites (N-methyl/N-ethyl adjacent to an activating group) is 1. The monoisotopic (exact) mass is 400 g/mol. The zero-order valence-corrected chi connectivity index (χ0v) is 15.1. The maximum Gasteiger partial charge on any atom is 0.227 e. The molecule has 116 valence electrons. The van der Waals surface area contributed by atoms with Gasteiger partial charge in [-0.2, -0.15) is 0 Å². The van der Waals surface area contributed by atoms with Crippen molar-refractivity contribution < 1.29 is 4.79 Å². The quantitative estimate of drug-likeness (QED) is 0.689. The number of alkyl halides is 1. The summed E-state index contributed by atoms with van der Waals surface area (Å²) in [5, 5.41) is 1.60. The van der Waals surface area contributed by atoms with E-state index in [9.17, 15) is 4.79 Å². The van der Waals surface area contributed by atoms with Crippen LogP contribution in [0.2, 0.25) is 10.0 Å². The molecule has 0 saturated heterocycles. The van der Waals surface area contributed by atoms with Crippen molar-refractivity contribution in [3.8, 4) is 0 Å². The van der Waals surface area contributed by atoms with Gasteiger partial charge in [-0.05, 0) is 35.4 Å². The fourth-order valence-corrected chi connectivity index (χ4v) is 3.25. The van der Waals surface area contributed by atoms with Crippen LogP contribution >= 0.6 is 39.1 Å². The lowest BCUT2D eigenvalue weighted by Crippen LogP contribution is -2.33. The van der Waals surface area contributed by atoms with Gasteiger partial charge >= 0.3 is 0 Å². The van der Waals surface area contributed by atoms with Gasteiger partial charge in [0.2, 0.25) is 5.91 Å². The van der Waals surface area contributed by atoms with Crippen LogP contribution < -0.4 is 0 Å². The number of benzene rings is 1. The summed E-state index contributed by atoms with van der Waals surface area (Å²) in [6, 6.07) is 9.03. The van der Waals surface area contributed by atoms with Crippen molar-refractivity contribution in [3.05, 3.63) is 63.9 Å². The molecule has 0 saturated carbocycles. The molecule has 2 aromatic rings. The summed E-state index contributed by atoms with van der Waals surface area (Å²) in [4.78, 5) is 18.2. The number of rotatable bonds is 5. The van der Waals surface area contributed by atoms with Crippen LogP contribution in [-0.2, 0) is 11.2 Å². The zero-order valence-electron chi connectivity index (χ0n) is 12.0. The summed E-state index contributed by atoms with van der Waals surface area (Å²) in [5.41, 5.74) is 1.88. The summed E-state index contributed by atoms with van der Waals surface area (Å²) in [7, 11) is 1.80. The molecule has 0 aliphatic rings. The van der Waals surface area contributed by atoms with Crippen molar-refractivity contribution >= 4 is 45.0 Å². The van der Waals surface area contributed by atoms with Crippen molar-refractivity contribution in [2.24, 2.45) is 0 Å². The fraction of sp³-hybridized carbons (Fsp3) is 0.250. The highest BCUT2D eigenvalue weighted by molar-refractivity contribution is 9.09. The number of aromatic nitrogens is 1. The summed E-state index contributed by atoms with van der Waals surface area (Å²) in [6.45, 7) is 0. The van der Waals surface area contributed by atoms with Crippen LogP contribution in [0.5, 0.6) is 0 Å². The Balaban J connectivity index is 2.12. The van der Waals surface area contributed by atoms with E-state index in [-0.39, 0.29) is 18.4 Å². The van der Waals surface area contributed by atoms with Crippen LogP contribution in [0.15, 0.2) is 42.7 Å². The molecule has 0 aliphatic carbocycles. The molecule has 2 rings (SSSR count). The van der Waals surface area contributed by atoms with E-state index in [0.717, 1.165) is 11.1 Å². The molecule has 0 fully saturated rings. The molecule has 1 aromatic heterocycles. The molecular formula is C16H15BrCl2N2O. The second-order valence-electron chi connectivity index (χ2n) is 4.88. The van der Waals surface area contributed by atoms with Gasteiger partial charge in [0.15, 0.2) is 0 Å². The smallest absolute Gasteiger partial charge is 0.227 e. The van der Waals surface area contributed by atoms with Crippen LogP contribution in [0.4, 0.5) is 0 Å². The van der Waals surface area contributed by atoms with Gasteiger partial charge in [-0.15, -0.1) is 0 Å². The Labute approximate surface area is 148 Å². The Morgan fingerprint density at radius 3 is 2.50 bits per heavy atom. The van der Waals surface area contributed by atoms with Crippen molar-refractivity contribution in [1.29, 1.82) is 0 Å². The third kappa shape index (κ3) is 4.22. The lowest BCUT2D eigenvalue weighted by atomic mass is 10.1. The van der Waals surface area contributed by atoms with E-state index >= 15 is 0 Å². The number of pyridine rings is 1. The Morgan fingerprint density at radius 2 is 1.91 bits per heavy atom. The van der Waals surface area contributed by atoms with E-state index in [2.05, 4.69) is 20.9 Å². The van der Waals surface area contributed by atoms with E-state index in [0.29, 0.717) is 15.4 Å². The number of hydrogen-bond acceptors (Lipinski definition) is 2. The molecular weight excluding hydrogens is 387 g/mol. The number of carbonyl (C=O) groups is 1. The lowest BCUT2D eigenvalue weighted by Gasteiger charge is -2.27. The van der Waals surface area contributed by atoms with Gasteiger partial charge in [0, 0.05) is 24.8 Å². The van der Waals surface area contributed by atoms with Gasteiger partial charge in [-0.1, -0.05) is 45.2 Å². The minimum Gasteiger partial charge on any atom is -0.338 e. The van der Waals surface area contributed by atoms with Crippen LogP contribution in [0.3, 0.4) is 0 Å². The third-order valence-electron chi connectivity index (χ3n) is 3.44. The van der Waals surface area contributed by atoms with Crippen molar-refractivity contribution in [3.63, 3.8) is 0 Å². The molecule has 6 heteroatoms. The maximum absolute atomic E-state index is 12.5. The van der Waals surface area contributed by atoms with Gasteiger partial charge in [0.05, 0.1) is 22.5 Å². The van der Waals surface area contributed by atoms with Gasteiger partial charge in [0.1, 0.15) is 0 Å². The van der Waals surface area contributed by atoms with Crippen molar-refractivity contribution in [2.45, 2.75) is 12.5 Å². The molecule has 0 N–H and O–H groups in total. The molecule has 22 heavy (non-hydrogen) atoms. The number of nitrogens with zero attached hydrogens (tertiary/aromatic N) is 2. The average molecular weight is 402 g/mol.